The Labute approximate surface area is 81.1 Å². The number of nitrogens with zero attached hydrogens (tertiary/aromatic N) is 3. The molecular weight excluding hydrogens is 216 g/mol. The minimum absolute atomic E-state index is 0.00690. The van der Waals surface area contributed by atoms with E-state index in [9.17, 15) is 14.4 Å². The summed E-state index contributed by atoms with van der Waals surface area (Å²) in [6.07, 6.45) is -5.27. The summed E-state index contributed by atoms with van der Waals surface area (Å²) < 4.78 is 0. The molecule has 0 aliphatic carbocycles. The van der Waals surface area contributed by atoms with Crippen molar-refractivity contribution < 1.29 is 29.7 Å². The van der Waals surface area contributed by atoms with Gasteiger partial charge in [-0.25, -0.2) is 14.4 Å². The van der Waals surface area contributed by atoms with E-state index in [1.165, 1.54) is 0 Å². The minimum Gasteiger partial charge on any atom is -0.463 e. The van der Waals surface area contributed by atoms with Gasteiger partial charge in [-0.05, 0) is 0 Å². The maximum Gasteiger partial charge on any atom is 0.449 e. The molecule has 0 unspecified atom stereocenters. The summed E-state index contributed by atoms with van der Waals surface area (Å²) in [6, 6.07) is 0. The van der Waals surface area contributed by atoms with Crippen LogP contribution in [0.3, 0.4) is 0 Å². The van der Waals surface area contributed by atoms with Gasteiger partial charge in [0.2, 0.25) is 0 Å². The van der Waals surface area contributed by atoms with Gasteiger partial charge in [0.05, 0.1) is 0 Å². The van der Waals surface area contributed by atoms with Crippen LogP contribution in [0.15, 0.2) is 0 Å². The normalized spacial score (nSPS) is 16.4. The second-order valence-corrected chi connectivity index (χ2v) is 2.11. The molecule has 84 valence electrons. The lowest BCUT2D eigenvalue weighted by atomic mass is 11.0. The molecule has 0 aromatic rings. The highest BCUT2D eigenvalue weighted by molar-refractivity contribution is 5.74. The number of hydrogen-bond donors (Lipinski definition) is 6. The molecule has 1 aliphatic heterocycles. The van der Waals surface area contributed by atoms with Gasteiger partial charge in [-0.2, -0.15) is 5.53 Å². The lowest BCUT2D eigenvalue weighted by Gasteiger charge is -2.39. The van der Waals surface area contributed by atoms with Crippen LogP contribution in [0, 0.1) is 0 Å². The number of rotatable bonds is 0. The molecule has 0 bridgehead atoms. The summed E-state index contributed by atoms with van der Waals surface area (Å²) in [5.41, 5.74) is 5.61. The quantitative estimate of drug-likeness (QED) is 0.278. The summed E-state index contributed by atoms with van der Waals surface area (Å²) in [7, 11) is 0. The first-order valence-electron chi connectivity index (χ1n) is 3.30. The molecule has 1 saturated heterocycles. The van der Waals surface area contributed by atoms with E-state index in [-0.39, 0.29) is 15.4 Å². The van der Waals surface area contributed by atoms with Crippen molar-refractivity contribution in [3.8, 4) is 0 Å². The second-order valence-electron chi connectivity index (χ2n) is 2.11. The number of hydrazine groups is 6. The Morgan fingerprint density at radius 2 is 1.20 bits per heavy atom. The lowest BCUT2D eigenvalue weighted by molar-refractivity contribution is -0.220. The predicted octanol–water partition coefficient (Wildman–Crippen LogP) is -1.80. The fourth-order valence-electron chi connectivity index (χ4n) is 0.744. The first-order valence-corrected chi connectivity index (χ1v) is 3.30. The Balaban J connectivity index is 2.95. The maximum atomic E-state index is 10.6. The predicted molar refractivity (Wildman–Crippen MR) is 39.0 cm³/mol. The first-order chi connectivity index (χ1) is 6.95. The monoisotopic (exact) mass is 222 g/mol. The number of carboxylic acid groups (broad SMARTS) is 3. The Morgan fingerprint density at radius 1 is 0.800 bits per heavy atom. The van der Waals surface area contributed by atoms with E-state index in [0.29, 0.717) is 0 Å². The van der Waals surface area contributed by atoms with Crippen molar-refractivity contribution in [2.75, 3.05) is 0 Å². The third-order valence-corrected chi connectivity index (χ3v) is 1.24. The summed E-state index contributed by atoms with van der Waals surface area (Å²) in [4.78, 5) is 31.6. The fraction of sp³-hybridized carbons (Fsp3) is 0. The van der Waals surface area contributed by atoms with Gasteiger partial charge in [0.15, 0.2) is 0 Å². The van der Waals surface area contributed by atoms with Crippen molar-refractivity contribution in [2.45, 2.75) is 0 Å². The van der Waals surface area contributed by atoms with Gasteiger partial charge in [0.1, 0.15) is 0 Å². The van der Waals surface area contributed by atoms with E-state index in [4.69, 9.17) is 15.3 Å². The number of amides is 3. The molecule has 0 atom stereocenters. The van der Waals surface area contributed by atoms with E-state index in [1.54, 1.807) is 0 Å². The highest BCUT2D eigenvalue weighted by atomic mass is 16.5. The molecule has 1 heterocycles. The molecule has 0 saturated carbocycles. The zero-order valence-electron chi connectivity index (χ0n) is 6.91. The van der Waals surface area contributed by atoms with Crippen LogP contribution in [0.4, 0.5) is 14.4 Å². The number of hydrogen-bond acceptors (Lipinski definition) is 6. The van der Waals surface area contributed by atoms with Crippen LogP contribution >= 0.6 is 0 Å². The van der Waals surface area contributed by atoms with Crippen LogP contribution in [0.2, 0.25) is 0 Å². The fourth-order valence-corrected chi connectivity index (χ4v) is 0.744. The van der Waals surface area contributed by atoms with Crippen LogP contribution in [-0.2, 0) is 0 Å². The van der Waals surface area contributed by atoms with E-state index in [1.807, 2.05) is 16.6 Å². The molecule has 15 heavy (non-hydrogen) atoms. The van der Waals surface area contributed by atoms with Crippen molar-refractivity contribution in [3.05, 3.63) is 0 Å². The highest BCUT2D eigenvalue weighted by Gasteiger charge is 2.38. The van der Waals surface area contributed by atoms with Gasteiger partial charge >= 0.3 is 18.3 Å². The topological polar surface area (TPSA) is 158 Å². The maximum absolute atomic E-state index is 10.6. The van der Waals surface area contributed by atoms with Crippen LogP contribution in [-0.4, -0.2) is 49.0 Å². The molecule has 0 aromatic heterocycles. The smallest absolute Gasteiger partial charge is 0.449 e. The molecule has 1 rings (SSSR count). The van der Waals surface area contributed by atoms with Gasteiger partial charge in [-0.15, -0.1) is 21.3 Å². The lowest BCUT2D eigenvalue weighted by Crippen LogP contribution is -2.77. The van der Waals surface area contributed by atoms with E-state index in [2.05, 4.69) is 0 Å². The zero-order chi connectivity index (χ0) is 11.6. The third-order valence-electron chi connectivity index (χ3n) is 1.24. The van der Waals surface area contributed by atoms with Gasteiger partial charge in [-0.1, -0.05) is 5.12 Å². The Hall–Kier alpha value is -2.31. The average Bonchev–Trinajstić information content (AvgIpc) is 2.16. The summed E-state index contributed by atoms with van der Waals surface area (Å²) in [6.45, 7) is 0. The van der Waals surface area contributed by atoms with Crippen molar-refractivity contribution in [1.82, 2.24) is 32.0 Å². The average molecular weight is 222 g/mol. The third kappa shape index (κ3) is 1.96. The number of nitrogens with one attached hydrogen (secondary N) is 3. The SMILES string of the molecule is O=C(O)N1NNNN(C(=O)O)N1C(=O)O. The Kier molecular flexibility index (Phi) is 2.75. The van der Waals surface area contributed by atoms with Gasteiger partial charge < -0.3 is 15.3 Å². The van der Waals surface area contributed by atoms with Crippen LogP contribution in [0.1, 0.15) is 0 Å². The van der Waals surface area contributed by atoms with Crippen LogP contribution in [0.25, 0.3) is 0 Å². The molecule has 0 radical (unpaired) electrons. The summed E-state index contributed by atoms with van der Waals surface area (Å²) >= 11 is 0. The van der Waals surface area contributed by atoms with Crippen LogP contribution in [0.5, 0.6) is 0 Å². The molecule has 1 fully saturated rings. The van der Waals surface area contributed by atoms with Gasteiger partial charge in [0, 0.05) is 0 Å². The summed E-state index contributed by atoms with van der Waals surface area (Å²) in [5.74, 6) is 0. The molecule has 12 heteroatoms. The van der Waals surface area contributed by atoms with Crippen LogP contribution < -0.4 is 16.6 Å². The van der Waals surface area contributed by atoms with Gasteiger partial charge in [0.25, 0.3) is 0 Å². The molecule has 0 spiro atoms. The van der Waals surface area contributed by atoms with Crippen molar-refractivity contribution in [2.24, 2.45) is 0 Å². The first kappa shape index (κ1) is 10.8. The van der Waals surface area contributed by atoms with Crippen molar-refractivity contribution in [1.29, 1.82) is 0 Å². The Morgan fingerprint density at radius 3 is 1.47 bits per heavy atom. The standard InChI is InChI=1S/C3H6N6O6/c10-1(11)7-5-4-6-8(2(12)13)9(7)3(14)15/h4-6H,(H,10,11)(H,12,13)(H,14,15). The largest absolute Gasteiger partial charge is 0.463 e. The van der Waals surface area contributed by atoms with Crippen molar-refractivity contribution >= 4 is 18.3 Å². The van der Waals surface area contributed by atoms with E-state index >= 15 is 0 Å². The number of carbonyl (C=O) groups is 3. The van der Waals surface area contributed by atoms with E-state index < -0.39 is 18.3 Å². The molecule has 6 N–H and O–H groups in total. The minimum atomic E-state index is -1.82. The molecule has 12 nitrogen and oxygen atoms in total. The summed E-state index contributed by atoms with van der Waals surface area (Å²) in [5, 5.41) is 25.5. The van der Waals surface area contributed by atoms with Gasteiger partial charge in [-0.3, -0.25) is 0 Å². The second kappa shape index (κ2) is 3.82. The highest BCUT2D eigenvalue weighted by Crippen LogP contribution is 2.03. The van der Waals surface area contributed by atoms with E-state index in [0.717, 1.165) is 0 Å². The molecule has 3 amide bonds. The molecule has 0 aromatic carbocycles. The Bertz CT molecular complexity index is 283. The van der Waals surface area contributed by atoms with Crippen molar-refractivity contribution in [3.63, 3.8) is 0 Å². The molecule has 1 aliphatic rings. The zero-order valence-corrected chi connectivity index (χ0v) is 6.91. The molecular formula is C3H6N6O6.